The molecule has 4 heteroatoms. The molecular formula is C6H12S4. The number of thioether (sulfide) groups is 3. The molecule has 0 unspecified atom stereocenters. The van der Waals surface area contributed by atoms with Gasteiger partial charge in [0.1, 0.15) is 0 Å². The van der Waals surface area contributed by atoms with Crippen molar-refractivity contribution in [2.45, 2.75) is 17.4 Å². The predicted octanol–water partition coefficient (Wildman–Crippen LogP) is 3.15. The van der Waals surface area contributed by atoms with Crippen LogP contribution in [-0.4, -0.2) is 20.5 Å². The molecule has 0 bridgehead atoms. The molecular weight excluding hydrogens is 200 g/mol. The minimum atomic E-state index is 0.869. The third kappa shape index (κ3) is 3.69. The minimum absolute atomic E-state index is 0.869. The molecule has 1 saturated heterocycles. The summed E-state index contributed by atoms with van der Waals surface area (Å²) in [6.07, 6.45) is 2.62. The number of hydrogen-bond donors (Lipinski definition) is 1. The monoisotopic (exact) mass is 212 g/mol. The molecule has 0 amide bonds. The average molecular weight is 212 g/mol. The fraction of sp³-hybridized carbons (Fsp3) is 1.00. The van der Waals surface area contributed by atoms with E-state index in [0.717, 1.165) is 10.3 Å². The lowest BCUT2D eigenvalue weighted by molar-refractivity contribution is 0.883. The van der Waals surface area contributed by atoms with E-state index < -0.39 is 0 Å². The molecule has 0 aliphatic carbocycles. The smallest absolute Gasteiger partial charge is 0.0519 e. The van der Waals surface area contributed by atoms with Gasteiger partial charge in [-0.05, 0) is 18.6 Å². The largest absolute Gasteiger partial charge is 0.179 e. The molecule has 60 valence electrons. The third-order valence-corrected chi connectivity index (χ3v) is 6.04. The first-order chi connectivity index (χ1) is 4.93. The Morgan fingerprint density at radius 3 is 2.60 bits per heavy atom. The predicted molar refractivity (Wildman–Crippen MR) is 59.4 cm³/mol. The fourth-order valence-electron chi connectivity index (χ4n) is 0.755. The third-order valence-electron chi connectivity index (χ3n) is 1.27. The Hall–Kier alpha value is 1.40. The Bertz CT molecular complexity index is 79.8. The molecule has 0 spiro atoms. The van der Waals surface area contributed by atoms with Gasteiger partial charge < -0.3 is 0 Å². The van der Waals surface area contributed by atoms with Gasteiger partial charge in [-0.3, -0.25) is 0 Å². The Kier molecular flexibility index (Phi) is 5.67. The quantitative estimate of drug-likeness (QED) is 0.714. The molecule has 1 fully saturated rings. The topological polar surface area (TPSA) is 0 Å². The van der Waals surface area contributed by atoms with Gasteiger partial charge in [-0.1, -0.05) is 0 Å². The molecule has 0 aromatic rings. The van der Waals surface area contributed by atoms with Crippen molar-refractivity contribution in [1.82, 2.24) is 0 Å². The van der Waals surface area contributed by atoms with E-state index in [1.807, 2.05) is 11.8 Å². The highest BCUT2D eigenvalue weighted by atomic mass is 32.3. The van der Waals surface area contributed by atoms with Crippen molar-refractivity contribution in [2.24, 2.45) is 0 Å². The lowest BCUT2D eigenvalue weighted by atomic mass is 10.4. The summed E-state index contributed by atoms with van der Waals surface area (Å²) in [4.78, 5) is 0. The maximum Gasteiger partial charge on any atom is 0.0519 e. The van der Waals surface area contributed by atoms with Crippen LogP contribution in [0.2, 0.25) is 0 Å². The van der Waals surface area contributed by atoms with Crippen molar-refractivity contribution in [3.63, 3.8) is 0 Å². The Morgan fingerprint density at radius 1 is 1.30 bits per heavy atom. The molecule has 10 heavy (non-hydrogen) atoms. The van der Waals surface area contributed by atoms with Crippen LogP contribution in [0.4, 0.5) is 0 Å². The zero-order chi connectivity index (χ0) is 7.23. The van der Waals surface area contributed by atoms with E-state index in [-0.39, 0.29) is 0 Å². The van der Waals surface area contributed by atoms with Crippen LogP contribution in [0, 0.1) is 0 Å². The standard InChI is InChI=1S/C6H12S4/c7-3-1-2-6-9-4-8-5-10-6/h6-7H,1-5H2. The van der Waals surface area contributed by atoms with Gasteiger partial charge in [0.05, 0.1) is 4.58 Å². The van der Waals surface area contributed by atoms with Gasteiger partial charge in [-0.2, -0.15) is 12.6 Å². The molecule has 1 aliphatic heterocycles. The van der Waals surface area contributed by atoms with Crippen LogP contribution in [0.3, 0.4) is 0 Å². The van der Waals surface area contributed by atoms with E-state index in [1.165, 1.54) is 23.0 Å². The molecule has 1 rings (SSSR count). The van der Waals surface area contributed by atoms with E-state index in [9.17, 15) is 0 Å². The van der Waals surface area contributed by atoms with Gasteiger partial charge >= 0.3 is 0 Å². The second kappa shape index (κ2) is 5.98. The Balaban J connectivity index is 2.02. The van der Waals surface area contributed by atoms with Gasteiger partial charge in [-0.15, -0.1) is 35.3 Å². The number of hydrogen-bond acceptors (Lipinski definition) is 4. The first kappa shape index (κ1) is 9.49. The summed E-state index contributed by atoms with van der Waals surface area (Å²) in [5, 5.41) is 2.59. The second-order valence-electron chi connectivity index (χ2n) is 2.07. The summed E-state index contributed by atoms with van der Waals surface area (Å²) in [6, 6.07) is 0. The highest BCUT2D eigenvalue weighted by Crippen LogP contribution is 2.38. The van der Waals surface area contributed by atoms with Crippen LogP contribution in [0.25, 0.3) is 0 Å². The number of thiol groups is 1. The summed E-state index contributed by atoms with van der Waals surface area (Å²) < 4.78 is 0.869. The van der Waals surface area contributed by atoms with Crippen LogP contribution >= 0.6 is 47.9 Å². The van der Waals surface area contributed by atoms with Crippen molar-refractivity contribution < 1.29 is 0 Å². The van der Waals surface area contributed by atoms with E-state index in [4.69, 9.17) is 0 Å². The molecule has 1 heterocycles. The maximum absolute atomic E-state index is 4.20. The zero-order valence-electron chi connectivity index (χ0n) is 5.78. The molecule has 0 saturated carbocycles. The van der Waals surface area contributed by atoms with Gasteiger partial charge in [0.15, 0.2) is 0 Å². The fourth-order valence-corrected chi connectivity index (χ4v) is 5.86. The van der Waals surface area contributed by atoms with E-state index in [1.54, 1.807) is 0 Å². The van der Waals surface area contributed by atoms with Gasteiger partial charge in [0.25, 0.3) is 0 Å². The van der Waals surface area contributed by atoms with Crippen molar-refractivity contribution in [1.29, 1.82) is 0 Å². The van der Waals surface area contributed by atoms with Gasteiger partial charge in [0.2, 0.25) is 0 Å². The minimum Gasteiger partial charge on any atom is -0.179 e. The van der Waals surface area contributed by atoms with E-state index >= 15 is 0 Å². The lowest BCUT2D eigenvalue weighted by Gasteiger charge is -2.19. The second-order valence-corrected chi connectivity index (χ2v) is 6.91. The summed E-state index contributed by atoms with van der Waals surface area (Å²) in [7, 11) is 0. The van der Waals surface area contributed by atoms with Crippen molar-refractivity contribution in [3.05, 3.63) is 0 Å². The van der Waals surface area contributed by atoms with Crippen LogP contribution in [-0.2, 0) is 0 Å². The zero-order valence-corrected chi connectivity index (χ0v) is 9.13. The average Bonchev–Trinajstić information content (AvgIpc) is 2.03. The SMILES string of the molecule is SCCCC1SCSCS1. The van der Waals surface area contributed by atoms with Crippen LogP contribution < -0.4 is 0 Å². The normalized spacial score (nSPS) is 21.3. The van der Waals surface area contributed by atoms with Crippen LogP contribution in [0.1, 0.15) is 12.8 Å². The Labute approximate surface area is 81.1 Å². The molecule has 0 atom stereocenters. The molecule has 0 aromatic carbocycles. The first-order valence-electron chi connectivity index (χ1n) is 3.35. The van der Waals surface area contributed by atoms with Crippen LogP contribution in [0.5, 0.6) is 0 Å². The van der Waals surface area contributed by atoms with E-state index in [2.05, 4.69) is 36.2 Å². The summed E-state index contributed by atoms with van der Waals surface area (Å²) in [6.45, 7) is 0. The summed E-state index contributed by atoms with van der Waals surface area (Å²) in [5.74, 6) is 1.05. The number of rotatable bonds is 3. The molecule has 0 nitrogen and oxygen atoms in total. The van der Waals surface area contributed by atoms with Crippen LogP contribution in [0.15, 0.2) is 0 Å². The van der Waals surface area contributed by atoms with Crippen molar-refractivity contribution in [3.8, 4) is 0 Å². The summed E-state index contributed by atoms with van der Waals surface area (Å²) in [5.41, 5.74) is 0. The molecule has 0 N–H and O–H groups in total. The first-order valence-corrected chi connectivity index (χ1v) is 7.24. The molecule has 0 aromatic heterocycles. The highest BCUT2D eigenvalue weighted by Gasteiger charge is 2.13. The van der Waals surface area contributed by atoms with E-state index in [0.29, 0.717) is 0 Å². The van der Waals surface area contributed by atoms with Crippen molar-refractivity contribution >= 4 is 47.9 Å². The maximum atomic E-state index is 4.20. The summed E-state index contributed by atoms with van der Waals surface area (Å²) >= 11 is 10.4. The Morgan fingerprint density at radius 2 is 2.00 bits per heavy atom. The van der Waals surface area contributed by atoms with Crippen molar-refractivity contribution in [2.75, 3.05) is 15.9 Å². The molecule has 1 aliphatic rings. The highest BCUT2D eigenvalue weighted by molar-refractivity contribution is 8.32. The van der Waals surface area contributed by atoms with Gasteiger partial charge in [0, 0.05) is 10.2 Å². The lowest BCUT2D eigenvalue weighted by Crippen LogP contribution is -2.02. The molecule has 0 radical (unpaired) electrons. The van der Waals surface area contributed by atoms with Gasteiger partial charge in [-0.25, -0.2) is 0 Å².